The highest BCUT2D eigenvalue weighted by Gasteiger charge is 2.67. The first-order chi connectivity index (χ1) is 21.9. The Morgan fingerprint density at radius 1 is 0.826 bits per heavy atom. The van der Waals surface area contributed by atoms with E-state index in [1.807, 2.05) is 0 Å². The molecular formula is C37H56N2O7. The molecule has 0 saturated heterocycles. The lowest BCUT2D eigenvalue weighted by atomic mass is 9.42. The van der Waals surface area contributed by atoms with Gasteiger partial charge in [0.25, 0.3) is 0 Å². The van der Waals surface area contributed by atoms with Crippen LogP contribution in [0.25, 0.3) is 0 Å². The molecule has 11 atom stereocenters. The Morgan fingerprint density at radius 3 is 2.17 bits per heavy atom. The smallest absolute Gasteiger partial charge is 0.344 e. The number of nitrogens with zero attached hydrogens (tertiary/aromatic N) is 2. The fraction of sp³-hybridized carbons (Fsp3) is 0.946. The summed E-state index contributed by atoms with van der Waals surface area (Å²) in [5, 5.41) is 17.9. The van der Waals surface area contributed by atoms with Crippen molar-refractivity contribution in [2.75, 3.05) is 6.61 Å². The first-order valence-electron chi connectivity index (χ1n) is 18.6. The number of carbonyl (C=O) groups excluding carboxylic acids is 2. The Kier molecular flexibility index (Phi) is 8.45. The Bertz CT molecular complexity index is 1200. The molecule has 0 aliphatic heterocycles. The molecule has 4 bridgehead atoms. The van der Waals surface area contributed by atoms with Crippen LogP contribution in [0.1, 0.15) is 118 Å². The highest BCUT2D eigenvalue weighted by atomic mass is 16.6. The van der Waals surface area contributed by atoms with Crippen LogP contribution in [0.5, 0.6) is 0 Å². The van der Waals surface area contributed by atoms with Gasteiger partial charge in [-0.1, -0.05) is 31.1 Å². The maximum Gasteiger partial charge on any atom is 0.344 e. The average Bonchev–Trinajstić information content (AvgIpc) is 3.38. The summed E-state index contributed by atoms with van der Waals surface area (Å²) in [6.45, 7) is 8.47. The molecule has 8 aliphatic carbocycles. The van der Waals surface area contributed by atoms with E-state index in [1.165, 1.54) is 6.42 Å². The largest absolute Gasteiger partial charge is 0.456 e. The minimum Gasteiger partial charge on any atom is -0.456 e. The number of carbonyl (C=O) groups is 2. The molecule has 8 rings (SSSR count). The van der Waals surface area contributed by atoms with E-state index >= 15 is 0 Å². The second-order valence-corrected chi connectivity index (χ2v) is 17.9. The summed E-state index contributed by atoms with van der Waals surface area (Å²) < 4.78 is 11.5. The van der Waals surface area contributed by atoms with Crippen LogP contribution in [0.15, 0.2) is 10.4 Å². The van der Waals surface area contributed by atoms with Gasteiger partial charge >= 0.3 is 11.9 Å². The molecule has 256 valence electrons. The molecule has 0 spiro atoms. The van der Waals surface area contributed by atoms with E-state index in [4.69, 9.17) is 9.47 Å². The van der Waals surface area contributed by atoms with Crippen LogP contribution < -0.4 is 0 Å². The van der Waals surface area contributed by atoms with Gasteiger partial charge in [-0.2, -0.15) is 9.81 Å². The molecule has 8 aliphatic rings. The van der Waals surface area contributed by atoms with Crippen LogP contribution in [-0.2, 0) is 19.1 Å². The van der Waals surface area contributed by atoms with Crippen molar-refractivity contribution in [1.82, 2.24) is 0 Å². The van der Waals surface area contributed by atoms with Gasteiger partial charge < -0.3 is 14.6 Å². The van der Waals surface area contributed by atoms with Gasteiger partial charge in [-0.3, -0.25) is 4.79 Å². The molecule has 0 amide bonds. The Morgan fingerprint density at radius 2 is 1.52 bits per heavy atom. The minimum atomic E-state index is -0.437. The molecule has 11 unspecified atom stereocenters. The number of hydrogen-bond acceptors (Lipinski definition) is 9. The second kappa shape index (κ2) is 11.9. The standard InChI is InChI=1S/C37H56N2O7/c1-20(5-8-32(41)45-19-33(42)46-37(4)24-12-21-11-22(14-24)15-25(37)13-21)27-6-7-28-34-29(18-31(39-44)36(27,28)3)35(2)10-9-26(40)16-23(35)17-30(34)38-43/h20-31,34,40H,5-19H2,1-4H3. The lowest BCUT2D eigenvalue weighted by Crippen LogP contribution is -2.61. The van der Waals surface area contributed by atoms with Crippen LogP contribution >= 0.6 is 0 Å². The average molecular weight is 641 g/mol. The predicted molar refractivity (Wildman–Crippen MR) is 172 cm³/mol. The highest BCUT2D eigenvalue weighted by Crippen LogP contribution is 2.69. The number of nitroso groups, excluding NO2 is 2. The number of ether oxygens (including phenoxy) is 2. The van der Waals surface area contributed by atoms with Gasteiger partial charge in [0, 0.05) is 6.42 Å². The summed E-state index contributed by atoms with van der Waals surface area (Å²) in [4.78, 5) is 50.7. The third kappa shape index (κ3) is 5.10. The summed E-state index contributed by atoms with van der Waals surface area (Å²) >= 11 is 0. The first kappa shape index (κ1) is 32.6. The van der Waals surface area contributed by atoms with Gasteiger partial charge in [0.1, 0.15) is 5.60 Å². The van der Waals surface area contributed by atoms with Gasteiger partial charge in [0.05, 0.1) is 18.2 Å². The Hall–Kier alpha value is -1.90. The summed E-state index contributed by atoms with van der Waals surface area (Å²) in [7, 11) is 0. The quantitative estimate of drug-likeness (QED) is 0.208. The first-order valence-corrected chi connectivity index (χ1v) is 18.6. The normalized spacial score (nSPS) is 50.9. The van der Waals surface area contributed by atoms with Crippen molar-refractivity contribution in [2.45, 2.75) is 141 Å². The van der Waals surface area contributed by atoms with E-state index in [0.29, 0.717) is 31.1 Å². The van der Waals surface area contributed by atoms with Crippen molar-refractivity contribution in [3.63, 3.8) is 0 Å². The van der Waals surface area contributed by atoms with Crippen LogP contribution in [0.2, 0.25) is 0 Å². The van der Waals surface area contributed by atoms with Crippen molar-refractivity contribution in [3.8, 4) is 0 Å². The van der Waals surface area contributed by atoms with Crippen molar-refractivity contribution in [1.29, 1.82) is 0 Å². The van der Waals surface area contributed by atoms with Crippen LogP contribution in [0, 0.1) is 79.8 Å². The van der Waals surface area contributed by atoms with Gasteiger partial charge in [-0.25, -0.2) is 4.79 Å². The van der Waals surface area contributed by atoms with Crippen LogP contribution in [0.3, 0.4) is 0 Å². The SMILES string of the molecule is CC(CCC(=O)OCC(=O)OC1(C)C2CC3CC(C2)CC1C3)C1CCC2C3C(N=O)CC4CC(O)CCC4(C)C3CC(N=O)C12C. The zero-order chi connectivity index (χ0) is 32.6. The maximum atomic E-state index is 12.9. The molecule has 8 fully saturated rings. The molecule has 0 heterocycles. The molecule has 0 radical (unpaired) electrons. The number of rotatable bonds is 9. The number of fused-ring (bicyclic) bond motifs is 5. The van der Waals surface area contributed by atoms with Crippen molar-refractivity contribution >= 4 is 11.9 Å². The van der Waals surface area contributed by atoms with Crippen LogP contribution in [-0.4, -0.2) is 47.4 Å². The van der Waals surface area contributed by atoms with Crippen molar-refractivity contribution in [2.24, 2.45) is 80.4 Å². The van der Waals surface area contributed by atoms with E-state index in [1.54, 1.807) is 0 Å². The summed E-state index contributed by atoms with van der Waals surface area (Å²) in [5.41, 5.74) is -0.808. The third-order valence-corrected chi connectivity index (χ3v) is 16.0. The van der Waals surface area contributed by atoms with Gasteiger partial charge in [0.2, 0.25) is 0 Å². The van der Waals surface area contributed by atoms with E-state index < -0.39 is 11.6 Å². The number of aliphatic hydroxyl groups excluding tert-OH is 1. The molecular weight excluding hydrogens is 584 g/mol. The van der Waals surface area contributed by atoms with E-state index in [0.717, 1.165) is 69.6 Å². The molecule has 8 saturated carbocycles. The molecule has 0 aromatic rings. The summed E-state index contributed by atoms with van der Waals surface area (Å²) in [6.07, 6.45) is 12.1. The second-order valence-electron chi connectivity index (χ2n) is 17.9. The van der Waals surface area contributed by atoms with Crippen molar-refractivity contribution < 1.29 is 24.2 Å². The predicted octanol–water partition coefficient (Wildman–Crippen LogP) is 7.21. The summed E-state index contributed by atoms with van der Waals surface area (Å²) in [5.74, 6) is 2.70. The number of hydrogen-bond donors (Lipinski definition) is 1. The van der Waals surface area contributed by atoms with Crippen molar-refractivity contribution in [3.05, 3.63) is 9.81 Å². The molecule has 0 aromatic heterocycles. The number of aliphatic hydroxyl groups is 1. The summed E-state index contributed by atoms with van der Waals surface area (Å²) in [6, 6.07) is -0.646. The lowest BCUT2D eigenvalue weighted by molar-refractivity contribution is -0.207. The Balaban J connectivity index is 0.961. The zero-order valence-corrected chi connectivity index (χ0v) is 28.4. The fourth-order valence-corrected chi connectivity index (χ4v) is 13.7. The molecule has 46 heavy (non-hydrogen) atoms. The number of esters is 2. The third-order valence-electron chi connectivity index (χ3n) is 16.0. The minimum absolute atomic E-state index is 0.0164. The monoisotopic (exact) mass is 640 g/mol. The molecule has 9 heteroatoms. The fourth-order valence-electron chi connectivity index (χ4n) is 13.7. The maximum absolute atomic E-state index is 12.9. The van der Waals surface area contributed by atoms with Gasteiger partial charge in [-0.15, -0.1) is 0 Å². The van der Waals surface area contributed by atoms with E-state index in [2.05, 4.69) is 38.0 Å². The molecule has 1 N–H and O–H groups in total. The molecule has 9 nitrogen and oxygen atoms in total. The molecule has 0 aromatic carbocycles. The zero-order valence-electron chi connectivity index (χ0n) is 28.4. The van der Waals surface area contributed by atoms with Gasteiger partial charge in [0.15, 0.2) is 6.61 Å². The lowest BCUT2D eigenvalue weighted by Gasteiger charge is -2.63. The Labute approximate surface area is 274 Å². The van der Waals surface area contributed by atoms with E-state index in [9.17, 15) is 24.5 Å². The van der Waals surface area contributed by atoms with Gasteiger partial charge in [-0.05, 0) is 160 Å². The van der Waals surface area contributed by atoms with Crippen LogP contribution in [0.4, 0.5) is 0 Å². The topological polar surface area (TPSA) is 132 Å². The highest BCUT2D eigenvalue weighted by molar-refractivity contribution is 5.76. The van der Waals surface area contributed by atoms with E-state index in [-0.39, 0.29) is 83.5 Å².